The number of ketones is 1. The van der Waals surface area contributed by atoms with Crippen LogP contribution in [0.25, 0.3) is 0 Å². The van der Waals surface area contributed by atoms with Gasteiger partial charge < -0.3 is 4.74 Å². The number of benzene rings is 2. The van der Waals surface area contributed by atoms with Gasteiger partial charge in [-0.1, -0.05) is 43.7 Å². The van der Waals surface area contributed by atoms with E-state index in [0.717, 1.165) is 22.3 Å². The van der Waals surface area contributed by atoms with Gasteiger partial charge in [0.1, 0.15) is 5.75 Å². The zero-order valence-electron chi connectivity index (χ0n) is 18.3. The Hall–Kier alpha value is -3.15. The van der Waals surface area contributed by atoms with Gasteiger partial charge in [-0.2, -0.15) is 0 Å². The number of carbonyl (C=O) groups is 3. The van der Waals surface area contributed by atoms with Crippen LogP contribution in [-0.2, 0) is 9.59 Å². The lowest BCUT2D eigenvalue weighted by molar-refractivity contribution is -0.130. The Balaban J connectivity index is 1.78. The zero-order valence-corrected chi connectivity index (χ0v) is 18.3. The first-order valence-corrected chi connectivity index (χ1v) is 10.1. The molecule has 0 aromatic heterocycles. The van der Waals surface area contributed by atoms with Crippen molar-refractivity contribution in [2.75, 3.05) is 6.61 Å². The smallest absolute Gasteiger partial charge is 0.276 e. The van der Waals surface area contributed by atoms with Gasteiger partial charge >= 0.3 is 0 Å². The SMILES string of the molecule is Cc1ccc(C(C)C)c(OCC(=O)NNC(=O)CCC(=O)c2cc(C)ccc2C)c1. The van der Waals surface area contributed by atoms with Crippen molar-refractivity contribution < 1.29 is 19.1 Å². The molecule has 0 heterocycles. The summed E-state index contributed by atoms with van der Waals surface area (Å²) in [6, 6.07) is 11.5. The van der Waals surface area contributed by atoms with Gasteiger partial charge in [0.25, 0.3) is 5.91 Å². The van der Waals surface area contributed by atoms with E-state index < -0.39 is 11.8 Å². The summed E-state index contributed by atoms with van der Waals surface area (Å²) < 4.78 is 5.64. The van der Waals surface area contributed by atoms with Crippen molar-refractivity contribution in [3.8, 4) is 5.75 Å². The first kappa shape index (κ1) is 23.1. The molecule has 0 bridgehead atoms. The van der Waals surface area contributed by atoms with Crippen molar-refractivity contribution in [2.45, 2.75) is 53.4 Å². The lowest BCUT2D eigenvalue weighted by Crippen LogP contribution is -2.43. The molecule has 2 aromatic carbocycles. The third kappa shape index (κ3) is 6.72. The Kier molecular flexibility index (Phi) is 8.16. The van der Waals surface area contributed by atoms with Crippen LogP contribution in [-0.4, -0.2) is 24.2 Å². The number of hydrogen-bond acceptors (Lipinski definition) is 4. The van der Waals surface area contributed by atoms with E-state index in [1.807, 2.05) is 57.2 Å². The molecule has 2 aromatic rings. The summed E-state index contributed by atoms with van der Waals surface area (Å²) in [5.74, 6) is -0.0777. The van der Waals surface area contributed by atoms with Crippen LogP contribution < -0.4 is 15.6 Å². The topological polar surface area (TPSA) is 84.5 Å². The normalized spacial score (nSPS) is 10.6. The van der Waals surface area contributed by atoms with Gasteiger partial charge in [0.05, 0.1) is 0 Å². The Morgan fingerprint density at radius 1 is 0.867 bits per heavy atom. The number of hydrazine groups is 1. The minimum atomic E-state index is -0.472. The van der Waals surface area contributed by atoms with E-state index in [1.54, 1.807) is 0 Å². The van der Waals surface area contributed by atoms with Crippen LogP contribution >= 0.6 is 0 Å². The molecule has 2 amide bonds. The second kappa shape index (κ2) is 10.6. The maximum absolute atomic E-state index is 12.3. The Bertz CT molecular complexity index is 935. The second-order valence-electron chi connectivity index (χ2n) is 7.82. The van der Waals surface area contributed by atoms with E-state index >= 15 is 0 Å². The quantitative estimate of drug-likeness (QED) is 0.510. The molecule has 6 nitrogen and oxygen atoms in total. The molecule has 0 aliphatic rings. The van der Waals surface area contributed by atoms with Crippen LogP contribution in [0.2, 0.25) is 0 Å². The van der Waals surface area contributed by atoms with Crippen molar-refractivity contribution in [3.63, 3.8) is 0 Å². The number of amides is 2. The average molecular weight is 411 g/mol. The minimum Gasteiger partial charge on any atom is -0.483 e. The van der Waals surface area contributed by atoms with Crippen molar-refractivity contribution in [3.05, 3.63) is 64.2 Å². The molecule has 0 atom stereocenters. The number of ether oxygens (including phenoxy) is 1. The van der Waals surface area contributed by atoms with E-state index in [-0.39, 0.29) is 31.1 Å². The van der Waals surface area contributed by atoms with E-state index in [9.17, 15) is 14.4 Å². The van der Waals surface area contributed by atoms with Crippen LogP contribution in [0.3, 0.4) is 0 Å². The number of rotatable bonds is 8. The molecule has 0 saturated heterocycles. The lowest BCUT2D eigenvalue weighted by Gasteiger charge is -2.15. The number of aryl methyl sites for hydroxylation is 3. The molecule has 0 radical (unpaired) electrons. The van der Waals surface area contributed by atoms with Crippen molar-refractivity contribution in [2.24, 2.45) is 0 Å². The minimum absolute atomic E-state index is 0.0112. The fraction of sp³-hybridized carbons (Fsp3) is 0.375. The molecule has 30 heavy (non-hydrogen) atoms. The number of carbonyl (C=O) groups excluding carboxylic acids is 3. The van der Waals surface area contributed by atoms with Crippen LogP contribution in [0, 0.1) is 20.8 Å². The van der Waals surface area contributed by atoms with Crippen LogP contribution in [0.4, 0.5) is 0 Å². The van der Waals surface area contributed by atoms with Gasteiger partial charge in [-0.15, -0.1) is 0 Å². The molecule has 0 aliphatic heterocycles. The highest BCUT2D eigenvalue weighted by Crippen LogP contribution is 2.27. The first-order chi connectivity index (χ1) is 14.2. The monoisotopic (exact) mass is 410 g/mol. The molecule has 0 fully saturated rings. The van der Waals surface area contributed by atoms with E-state index in [1.165, 1.54) is 0 Å². The summed E-state index contributed by atoms with van der Waals surface area (Å²) in [6.45, 7) is 9.63. The molecule has 6 heteroatoms. The molecular weight excluding hydrogens is 380 g/mol. The zero-order chi connectivity index (χ0) is 22.3. The lowest BCUT2D eigenvalue weighted by atomic mass is 9.99. The highest BCUT2D eigenvalue weighted by molar-refractivity contribution is 5.99. The van der Waals surface area contributed by atoms with Gasteiger partial charge in [-0.25, -0.2) is 0 Å². The Labute approximate surface area is 178 Å². The summed E-state index contributed by atoms with van der Waals surface area (Å²) in [4.78, 5) is 36.3. The summed E-state index contributed by atoms with van der Waals surface area (Å²) >= 11 is 0. The third-order valence-corrected chi connectivity index (χ3v) is 4.76. The average Bonchev–Trinajstić information content (AvgIpc) is 2.70. The van der Waals surface area contributed by atoms with E-state index in [0.29, 0.717) is 11.3 Å². The van der Waals surface area contributed by atoms with Gasteiger partial charge in [0.2, 0.25) is 5.91 Å². The van der Waals surface area contributed by atoms with Gasteiger partial charge in [0, 0.05) is 18.4 Å². The molecule has 0 aliphatic carbocycles. The second-order valence-corrected chi connectivity index (χ2v) is 7.82. The fourth-order valence-electron chi connectivity index (χ4n) is 3.02. The number of Topliss-reactive ketones (excluding diaryl/α,β-unsaturated/α-hetero) is 1. The number of nitrogens with one attached hydrogen (secondary N) is 2. The molecular formula is C24H30N2O4. The summed E-state index contributed by atoms with van der Waals surface area (Å²) in [5, 5.41) is 0. The standard InChI is InChI=1S/C24H30N2O4/c1-15(2)19-9-7-17(4)13-22(19)30-14-24(29)26-25-23(28)11-10-21(27)20-12-16(3)6-8-18(20)5/h6-9,12-13,15H,10-11,14H2,1-5H3,(H,25,28)(H,26,29). The summed E-state index contributed by atoms with van der Waals surface area (Å²) in [6.07, 6.45) is 0.0618. The highest BCUT2D eigenvalue weighted by Gasteiger charge is 2.13. The molecule has 0 spiro atoms. The van der Waals surface area contributed by atoms with E-state index in [4.69, 9.17) is 4.74 Å². The predicted molar refractivity (Wildman–Crippen MR) is 117 cm³/mol. The molecule has 0 unspecified atom stereocenters. The predicted octanol–water partition coefficient (Wildman–Crippen LogP) is 3.92. The van der Waals surface area contributed by atoms with Crippen LogP contribution in [0.5, 0.6) is 5.75 Å². The van der Waals surface area contributed by atoms with Crippen LogP contribution in [0.15, 0.2) is 36.4 Å². The fourth-order valence-corrected chi connectivity index (χ4v) is 3.02. The van der Waals surface area contributed by atoms with Gasteiger partial charge in [-0.3, -0.25) is 25.2 Å². The molecule has 2 N–H and O–H groups in total. The van der Waals surface area contributed by atoms with Gasteiger partial charge in [0.15, 0.2) is 12.4 Å². The molecule has 160 valence electrons. The summed E-state index contributed by atoms with van der Waals surface area (Å²) in [5.41, 5.74) is 9.21. The molecule has 0 saturated carbocycles. The summed E-state index contributed by atoms with van der Waals surface area (Å²) in [7, 11) is 0. The maximum atomic E-state index is 12.3. The first-order valence-electron chi connectivity index (χ1n) is 10.1. The van der Waals surface area contributed by atoms with E-state index in [2.05, 4.69) is 24.7 Å². The van der Waals surface area contributed by atoms with Crippen LogP contribution in [0.1, 0.15) is 65.2 Å². The van der Waals surface area contributed by atoms with Crippen molar-refractivity contribution in [1.29, 1.82) is 0 Å². The van der Waals surface area contributed by atoms with Crippen molar-refractivity contribution >= 4 is 17.6 Å². The van der Waals surface area contributed by atoms with Crippen molar-refractivity contribution in [1.82, 2.24) is 10.9 Å². The highest BCUT2D eigenvalue weighted by atomic mass is 16.5. The Morgan fingerprint density at radius 3 is 2.20 bits per heavy atom. The largest absolute Gasteiger partial charge is 0.483 e. The Morgan fingerprint density at radius 2 is 1.50 bits per heavy atom. The molecule has 2 rings (SSSR count). The maximum Gasteiger partial charge on any atom is 0.276 e. The van der Waals surface area contributed by atoms with Gasteiger partial charge in [-0.05, 0) is 55.5 Å². The third-order valence-electron chi connectivity index (χ3n) is 4.76. The number of hydrogen-bond donors (Lipinski definition) is 2.